The summed E-state index contributed by atoms with van der Waals surface area (Å²) in [5.41, 5.74) is 3.33. The van der Waals surface area contributed by atoms with E-state index in [1.54, 1.807) is 0 Å². The first kappa shape index (κ1) is 25.2. The summed E-state index contributed by atoms with van der Waals surface area (Å²) in [6.45, 7) is 10.5. The van der Waals surface area contributed by atoms with Gasteiger partial charge in [-0.25, -0.2) is 0 Å². The number of benzene rings is 2. The number of piperidine rings is 1. The van der Waals surface area contributed by atoms with Crippen LogP contribution < -0.4 is 14.5 Å². The molecule has 0 amide bonds. The van der Waals surface area contributed by atoms with Crippen LogP contribution in [0.25, 0.3) is 10.8 Å². The first-order chi connectivity index (χ1) is 18.5. The number of piperazine rings is 1. The zero-order valence-electron chi connectivity index (χ0n) is 22.8. The maximum Gasteiger partial charge on any atom is 0.318 e. The number of likely N-dealkylation sites (tertiary alicyclic amines) is 1. The minimum atomic E-state index is 0.293. The van der Waals surface area contributed by atoms with Crippen molar-refractivity contribution in [2.75, 3.05) is 69.3 Å². The van der Waals surface area contributed by atoms with Crippen LogP contribution in [-0.4, -0.2) is 90.4 Å². The quantitative estimate of drug-likeness (QED) is 0.529. The first-order valence-electron chi connectivity index (χ1n) is 14.2. The molecule has 1 atom stereocenters. The van der Waals surface area contributed by atoms with Crippen molar-refractivity contribution in [3.8, 4) is 11.8 Å². The summed E-state index contributed by atoms with van der Waals surface area (Å²) in [4.78, 5) is 19.6. The van der Waals surface area contributed by atoms with Gasteiger partial charge < -0.3 is 24.5 Å². The number of likely N-dealkylation sites (N-methyl/N-ethyl adjacent to an activating group) is 1. The lowest BCUT2D eigenvalue weighted by molar-refractivity contribution is 0.130. The summed E-state index contributed by atoms with van der Waals surface area (Å²) in [5, 5.41) is 12.6. The van der Waals surface area contributed by atoms with E-state index in [0.29, 0.717) is 31.0 Å². The van der Waals surface area contributed by atoms with Crippen LogP contribution >= 0.6 is 0 Å². The van der Waals surface area contributed by atoms with Gasteiger partial charge in [0.05, 0.1) is 12.2 Å². The molecule has 4 heterocycles. The second-order valence-electron chi connectivity index (χ2n) is 11.1. The predicted molar refractivity (Wildman–Crippen MR) is 152 cm³/mol. The topological polar surface area (TPSA) is 68.2 Å². The number of phenols is 1. The van der Waals surface area contributed by atoms with Crippen LogP contribution in [0.3, 0.4) is 0 Å². The Morgan fingerprint density at radius 1 is 0.974 bits per heavy atom. The van der Waals surface area contributed by atoms with Crippen LogP contribution in [-0.2, 0) is 13.0 Å². The van der Waals surface area contributed by atoms with E-state index < -0.39 is 0 Å². The van der Waals surface area contributed by atoms with Gasteiger partial charge in [0.25, 0.3) is 0 Å². The molecule has 2 saturated heterocycles. The van der Waals surface area contributed by atoms with Crippen molar-refractivity contribution in [1.29, 1.82) is 0 Å². The molecule has 2 fully saturated rings. The number of rotatable bonds is 6. The number of hydrogen-bond acceptors (Lipinski definition) is 8. The predicted octanol–water partition coefficient (Wildman–Crippen LogP) is 3.90. The molecule has 0 radical (unpaired) electrons. The molecule has 202 valence electrons. The Balaban J connectivity index is 1.28. The van der Waals surface area contributed by atoms with E-state index in [1.165, 1.54) is 24.8 Å². The average Bonchev–Trinajstić information content (AvgIpc) is 2.93. The van der Waals surface area contributed by atoms with Crippen molar-refractivity contribution in [2.45, 2.75) is 45.2 Å². The van der Waals surface area contributed by atoms with Gasteiger partial charge in [-0.2, -0.15) is 9.97 Å². The Bertz CT molecular complexity index is 1280. The van der Waals surface area contributed by atoms with E-state index in [-0.39, 0.29) is 0 Å². The monoisotopic (exact) mass is 516 g/mol. The van der Waals surface area contributed by atoms with Crippen molar-refractivity contribution < 1.29 is 9.84 Å². The van der Waals surface area contributed by atoms with Gasteiger partial charge in [-0.1, -0.05) is 30.7 Å². The van der Waals surface area contributed by atoms with Crippen molar-refractivity contribution in [3.05, 3.63) is 47.7 Å². The number of aromatic hydroxyl groups is 1. The van der Waals surface area contributed by atoms with E-state index in [0.717, 1.165) is 80.2 Å². The van der Waals surface area contributed by atoms with Gasteiger partial charge in [-0.05, 0) is 51.2 Å². The minimum absolute atomic E-state index is 0.293. The van der Waals surface area contributed by atoms with Gasteiger partial charge in [-0.3, -0.25) is 4.90 Å². The lowest BCUT2D eigenvalue weighted by atomic mass is 10.0. The van der Waals surface area contributed by atoms with E-state index in [4.69, 9.17) is 14.7 Å². The third-order valence-corrected chi connectivity index (χ3v) is 8.54. The van der Waals surface area contributed by atoms with Crippen LogP contribution in [0.5, 0.6) is 11.8 Å². The van der Waals surface area contributed by atoms with E-state index in [1.807, 2.05) is 18.2 Å². The molecule has 1 N–H and O–H groups in total. The molecule has 0 bridgehead atoms. The van der Waals surface area contributed by atoms with Gasteiger partial charge >= 0.3 is 6.01 Å². The second kappa shape index (κ2) is 10.9. The molecule has 38 heavy (non-hydrogen) atoms. The smallest absolute Gasteiger partial charge is 0.318 e. The fourth-order valence-electron chi connectivity index (χ4n) is 6.22. The molecule has 8 nitrogen and oxygen atoms in total. The fraction of sp³-hybridized carbons (Fsp3) is 0.533. The number of nitrogens with zero attached hydrogens (tertiary/aromatic N) is 6. The average molecular weight is 517 g/mol. The number of hydrogen-bond donors (Lipinski definition) is 1. The zero-order valence-corrected chi connectivity index (χ0v) is 22.8. The molecule has 1 aromatic heterocycles. The number of ether oxygens (including phenoxy) is 1. The Morgan fingerprint density at radius 2 is 1.82 bits per heavy atom. The van der Waals surface area contributed by atoms with Gasteiger partial charge in [0, 0.05) is 68.0 Å². The number of fused-ring (bicyclic) bond motifs is 2. The number of anilines is 2. The van der Waals surface area contributed by atoms with Gasteiger partial charge in [-0.15, -0.1) is 0 Å². The molecule has 6 rings (SSSR count). The molecule has 0 saturated carbocycles. The van der Waals surface area contributed by atoms with Crippen molar-refractivity contribution in [1.82, 2.24) is 19.8 Å². The first-order valence-corrected chi connectivity index (χ1v) is 14.2. The van der Waals surface area contributed by atoms with Crippen LogP contribution in [0.15, 0.2) is 36.4 Å². The van der Waals surface area contributed by atoms with E-state index >= 15 is 0 Å². The molecule has 0 spiro atoms. The molecule has 2 aromatic carbocycles. The van der Waals surface area contributed by atoms with Crippen LogP contribution in [0.1, 0.15) is 37.4 Å². The highest BCUT2D eigenvalue weighted by molar-refractivity contribution is 5.95. The fourth-order valence-corrected chi connectivity index (χ4v) is 6.22. The summed E-state index contributed by atoms with van der Waals surface area (Å²) in [7, 11) is 2.18. The normalized spacial score (nSPS) is 21.1. The number of aromatic nitrogens is 2. The van der Waals surface area contributed by atoms with E-state index in [9.17, 15) is 5.11 Å². The molecular formula is C30H40N6O2. The second-order valence-corrected chi connectivity index (χ2v) is 11.1. The summed E-state index contributed by atoms with van der Waals surface area (Å²) >= 11 is 0. The van der Waals surface area contributed by atoms with Crippen molar-refractivity contribution >= 4 is 22.3 Å². The highest BCUT2D eigenvalue weighted by atomic mass is 16.5. The summed E-state index contributed by atoms with van der Waals surface area (Å²) in [6, 6.07) is 13.1. The molecule has 3 aliphatic rings. The highest BCUT2D eigenvalue weighted by Gasteiger charge is 2.28. The molecule has 3 aromatic rings. The van der Waals surface area contributed by atoms with Crippen molar-refractivity contribution in [3.63, 3.8) is 0 Å². The molecular weight excluding hydrogens is 476 g/mol. The maximum absolute atomic E-state index is 10.5. The highest BCUT2D eigenvalue weighted by Crippen LogP contribution is 2.36. The van der Waals surface area contributed by atoms with Gasteiger partial charge in [0.1, 0.15) is 18.2 Å². The van der Waals surface area contributed by atoms with Crippen molar-refractivity contribution in [2.24, 2.45) is 0 Å². The van der Waals surface area contributed by atoms with Crippen LogP contribution in [0.2, 0.25) is 0 Å². The van der Waals surface area contributed by atoms with Gasteiger partial charge in [0.2, 0.25) is 0 Å². The molecule has 0 aliphatic carbocycles. The summed E-state index contributed by atoms with van der Waals surface area (Å²) in [6.07, 6.45) is 4.73. The molecule has 8 heteroatoms. The minimum Gasteiger partial charge on any atom is -0.508 e. The molecule has 1 unspecified atom stereocenters. The zero-order chi connectivity index (χ0) is 26.1. The third-order valence-electron chi connectivity index (χ3n) is 8.54. The Morgan fingerprint density at radius 3 is 2.66 bits per heavy atom. The molecule has 3 aliphatic heterocycles. The van der Waals surface area contributed by atoms with Gasteiger partial charge in [0.15, 0.2) is 0 Å². The van der Waals surface area contributed by atoms with Crippen LogP contribution in [0.4, 0.5) is 11.5 Å². The number of phenolic OH excluding ortho intramolecular Hbond substituents is 1. The maximum atomic E-state index is 10.5. The standard InChI is InChI=1S/C30H40N6O2/c1-22-7-5-6-11-34(22)17-18-38-30-31-27-21-36(28-20-24(37)19-23-8-3-4-9-25(23)28)12-10-26(27)29(32-30)35-15-13-33(2)14-16-35/h3-4,8-9,19-20,22,37H,5-7,10-18,21H2,1-2H3. The Labute approximate surface area is 225 Å². The lowest BCUT2D eigenvalue weighted by Gasteiger charge is -2.37. The SMILES string of the molecule is CC1CCCCN1CCOc1nc2c(c(N3CCN(C)CC3)n1)CCN(c1cc(O)cc3ccccc13)C2. The largest absolute Gasteiger partial charge is 0.508 e. The van der Waals surface area contributed by atoms with Crippen LogP contribution in [0, 0.1) is 0 Å². The Kier molecular flexibility index (Phi) is 7.26. The Hall–Kier alpha value is -3.10. The third kappa shape index (κ3) is 5.24. The summed E-state index contributed by atoms with van der Waals surface area (Å²) < 4.78 is 6.25. The van der Waals surface area contributed by atoms with E-state index in [2.05, 4.69) is 51.8 Å². The summed E-state index contributed by atoms with van der Waals surface area (Å²) in [5.74, 6) is 1.34. The lowest BCUT2D eigenvalue weighted by Crippen LogP contribution is -2.46.